The maximum absolute atomic E-state index is 12.5. The van der Waals surface area contributed by atoms with Crippen molar-refractivity contribution in [3.63, 3.8) is 0 Å². The fraction of sp³-hybridized carbons (Fsp3) is 0.556. The molecule has 2 fully saturated rings. The fourth-order valence-corrected chi connectivity index (χ4v) is 3.82. The van der Waals surface area contributed by atoms with Crippen LogP contribution in [0, 0.1) is 17.8 Å². The highest BCUT2D eigenvalue weighted by atomic mass is 19.3. The van der Waals surface area contributed by atoms with E-state index in [1.165, 1.54) is 31.5 Å². The van der Waals surface area contributed by atoms with Crippen LogP contribution in [0.4, 0.5) is 14.6 Å². The molecule has 136 valence electrons. The number of hydrogen-bond acceptors (Lipinski definition) is 5. The van der Waals surface area contributed by atoms with Crippen LogP contribution in [-0.2, 0) is 0 Å². The van der Waals surface area contributed by atoms with Gasteiger partial charge < -0.3 is 16.2 Å². The first-order valence-electron chi connectivity index (χ1n) is 8.62. The highest BCUT2D eigenvalue weighted by Gasteiger charge is 2.54. The van der Waals surface area contributed by atoms with E-state index in [-0.39, 0.29) is 17.6 Å². The van der Waals surface area contributed by atoms with Gasteiger partial charge in [0.05, 0.1) is 0 Å². The number of halogens is 2. The fourth-order valence-electron chi connectivity index (χ4n) is 3.82. The number of aliphatic imine (C=N–C) groups is 1. The average molecular weight is 350 g/mol. The van der Waals surface area contributed by atoms with Crippen molar-refractivity contribution in [2.75, 3.05) is 5.73 Å². The molecule has 0 amide bonds. The van der Waals surface area contributed by atoms with Gasteiger partial charge in [0.2, 0.25) is 0 Å². The summed E-state index contributed by atoms with van der Waals surface area (Å²) in [5.74, 6) is 1.63. The molecule has 2 saturated carbocycles. The number of hydrogen-bond donors (Lipinski definition) is 2. The van der Waals surface area contributed by atoms with Crippen molar-refractivity contribution in [3.8, 4) is 5.75 Å². The standard InChI is InChI=1S/C18H24F2N4O/c1-9(2)24-14(16-11-4-3-5-12(11)16)7-13(21)10-6-15(25-18(19)20)17(22)23-8-10/h6-9,11-12,16,18H,3-5,21H2,1-2H3,(H2,22,23)/t11-,12+,16?. The molecule has 0 saturated heterocycles. The van der Waals surface area contributed by atoms with Crippen LogP contribution in [0.5, 0.6) is 5.75 Å². The van der Waals surface area contributed by atoms with Gasteiger partial charge >= 0.3 is 6.61 Å². The Hall–Kier alpha value is -2.18. The number of aromatic nitrogens is 1. The minimum Gasteiger partial charge on any atom is -0.431 e. The summed E-state index contributed by atoms with van der Waals surface area (Å²) in [6.07, 6.45) is 7.09. The molecule has 1 unspecified atom stereocenters. The molecule has 1 aromatic heterocycles. The lowest BCUT2D eigenvalue weighted by molar-refractivity contribution is -0.0495. The van der Waals surface area contributed by atoms with E-state index in [9.17, 15) is 8.78 Å². The molecule has 0 aromatic carbocycles. The molecule has 2 aliphatic carbocycles. The molecule has 3 atom stereocenters. The van der Waals surface area contributed by atoms with Crippen molar-refractivity contribution in [2.45, 2.75) is 45.8 Å². The second-order valence-electron chi connectivity index (χ2n) is 7.02. The van der Waals surface area contributed by atoms with Crippen molar-refractivity contribution < 1.29 is 13.5 Å². The van der Waals surface area contributed by atoms with E-state index in [0.29, 0.717) is 29.0 Å². The van der Waals surface area contributed by atoms with Crippen molar-refractivity contribution >= 4 is 17.2 Å². The van der Waals surface area contributed by atoms with Gasteiger partial charge in [-0.1, -0.05) is 6.42 Å². The summed E-state index contributed by atoms with van der Waals surface area (Å²) >= 11 is 0. The third-order valence-electron chi connectivity index (χ3n) is 4.89. The molecule has 0 aliphatic heterocycles. The lowest BCUT2D eigenvalue weighted by Gasteiger charge is -2.11. The second-order valence-corrected chi connectivity index (χ2v) is 7.02. The Kier molecular flexibility index (Phi) is 4.92. The number of pyridine rings is 1. The largest absolute Gasteiger partial charge is 0.431 e. The van der Waals surface area contributed by atoms with Gasteiger partial charge in [-0.05, 0) is 50.7 Å². The molecule has 0 bridgehead atoms. The smallest absolute Gasteiger partial charge is 0.387 e. The molecular weight excluding hydrogens is 326 g/mol. The number of nitrogen functional groups attached to an aromatic ring is 1. The third kappa shape index (κ3) is 3.91. The Bertz CT molecular complexity index is 692. The Morgan fingerprint density at radius 1 is 1.36 bits per heavy atom. The Balaban J connectivity index is 1.85. The van der Waals surface area contributed by atoms with Gasteiger partial charge in [-0.25, -0.2) is 4.98 Å². The van der Waals surface area contributed by atoms with Gasteiger partial charge in [-0.15, -0.1) is 0 Å². The molecule has 25 heavy (non-hydrogen) atoms. The maximum Gasteiger partial charge on any atom is 0.387 e. The molecule has 0 radical (unpaired) electrons. The highest BCUT2D eigenvalue weighted by Crippen LogP contribution is 2.58. The van der Waals surface area contributed by atoms with Crippen LogP contribution in [-0.4, -0.2) is 23.3 Å². The van der Waals surface area contributed by atoms with Gasteiger partial charge in [0.1, 0.15) is 0 Å². The quantitative estimate of drug-likeness (QED) is 0.769. The maximum atomic E-state index is 12.5. The van der Waals surface area contributed by atoms with E-state index in [1.807, 2.05) is 19.9 Å². The number of nitrogens with two attached hydrogens (primary N) is 2. The molecule has 1 aromatic rings. The van der Waals surface area contributed by atoms with Crippen LogP contribution in [0.15, 0.2) is 23.3 Å². The van der Waals surface area contributed by atoms with Crippen molar-refractivity contribution in [3.05, 3.63) is 23.9 Å². The molecule has 3 rings (SSSR count). The van der Waals surface area contributed by atoms with Crippen LogP contribution >= 0.6 is 0 Å². The molecular formula is C18H24F2N4O. The normalized spacial score (nSPS) is 26.2. The number of rotatable bonds is 6. The van der Waals surface area contributed by atoms with Crippen LogP contribution in [0.2, 0.25) is 0 Å². The number of allylic oxidation sites excluding steroid dienone is 1. The molecule has 0 spiro atoms. The number of nitrogens with zero attached hydrogens (tertiary/aromatic N) is 2. The first kappa shape index (κ1) is 17.6. The monoisotopic (exact) mass is 350 g/mol. The molecule has 4 N–H and O–H groups in total. The summed E-state index contributed by atoms with van der Waals surface area (Å²) in [5, 5.41) is 0. The van der Waals surface area contributed by atoms with Crippen molar-refractivity contribution in [1.82, 2.24) is 4.98 Å². The van der Waals surface area contributed by atoms with Crippen LogP contribution in [0.3, 0.4) is 0 Å². The van der Waals surface area contributed by atoms with Gasteiger partial charge in [-0.3, -0.25) is 4.99 Å². The molecule has 2 aliphatic rings. The molecule has 1 heterocycles. The van der Waals surface area contributed by atoms with Crippen LogP contribution in [0.25, 0.3) is 5.70 Å². The van der Waals surface area contributed by atoms with E-state index < -0.39 is 6.61 Å². The van der Waals surface area contributed by atoms with E-state index in [4.69, 9.17) is 16.5 Å². The van der Waals surface area contributed by atoms with Gasteiger partial charge in [0.15, 0.2) is 11.6 Å². The number of ether oxygens (including phenoxy) is 1. The lowest BCUT2D eigenvalue weighted by atomic mass is 10.0. The van der Waals surface area contributed by atoms with E-state index in [0.717, 1.165) is 5.71 Å². The Labute approximate surface area is 146 Å². The predicted octanol–water partition coefficient (Wildman–Crippen LogP) is 3.46. The SMILES string of the molecule is CC(C)N=C(C=C(N)c1cnc(N)c(OC(F)F)c1)C1[C@H]2CCC[C@@H]12. The zero-order valence-electron chi connectivity index (χ0n) is 14.5. The number of alkyl halides is 2. The summed E-state index contributed by atoms with van der Waals surface area (Å²) in [6.45, 7) is 1.09. The first-order valence-corrected chi connectivity index (χ1v) is 8.62. The lowest BCUT2D eigenvalue weighted by Crippen LogP contribution is -2.11. The van der Waals surface area contributed by atoms with Crippen molar-refractivity contribution in [2.24, 2.45) is 28.5 Å². The zero-order valence-corrected chi connectivity index (χ0v) is 14.5. The first-order chi connectivity index (χ1) is 11.9. The van der Waals surface area contributed by atoms with Gasteiger partial charge in [0, 0.05) is 35.1 Å². The van der Waals surface area contributed by atoms with E-state index >= 15 is 0 Å². The summed E-state index contributed by atoms with van der Waals surface area (Å²) < 4.78 is 29.3. The molecule has 7 heteroatoms. The summed E-state index contributed by atoms with van der Waals surface area (Å²) in [4.78, 5) is 8.64. The summed E-state index contributed by atoms with van der Waals surface area (Å²) in [7, 11) is 0. The Morgan fingerprint density at radius 2 is 2.04 bits per heavy atom. The van der Waals surface area contributed by atoms with E-state index in [1.54, 1.807) is 0 Å². The number of fused-ring (bicyclic) bond motifs is 1. The van der Waals surface area contributed by atoms with E-state index in [2.05, 4.69) is 9.72 Å². The number of anilines is 1. The van der Waals surface area contributed by atoms with Crippen LogP contribution in [0.1, 0.15) is 38.7 Å². The second kappa shape index (κ2) is 6.98. The third-order valence-corrected chi connectivity index (χ3v) is 4.89. The average Bonchev–Trinajstić information content (AvgIpc) is 3.00. The molecule has 5 nitrogen and oxygen atoms in total. The van der Waals surface area contributed by atoms with Gasteiger partial charge in [-0.2, -0.15) is 8.78 Å². The van der Waals surface area contributed by atoms with Crippen LogP contribution < -0.4 is 16.2 Å². The topological polar surface area (TPSA) is 86.5 Å². The zero-order chi connectivity index (χ0) is 18.1. The summed E-state index contributed by atoms with van der Waals surface area (Å²) in [5.41, 5.74) is 13.7. The predicted molar refractivity (Wildman–Crippen MR) is 94.3 cm³/mol. The highest BCUT2D eigenvalue weighted by molar-refractivity contribution is 6.04. The van der Waals surface area contributed by atoms with Gasteiger partial charge in [0.25, 0.3) is 0 Å². The Morgan fingerprint density at radius 3 is 2.64 bits per heavy atom. The minimum absolute atomic E-state index is 0.0929. The summed E-state index contributed by atoms with van der Waals surface area (Å²) in [6, 6.07) is 1.56. The minimum atomic E-state index is -2.96. The van der Waals surface area contributed by atoms with Crippen molar-refractivity contribution in [1.29, 1.82) is 0 Å².